The van der Waals surface area contributed by atoms with Crippen molar-refractivity contribution in [3.63, 3.8) is 0 Å². The Morgan fingerprint density at radius 2 is 1.26 bits per heavy atom. The van der Waals surface area contributed by atoms with E-state index in [0.29, 0.717) is 5.89 Å². The average Bonchev–Trinajstić information content (AvgIpc) is 3.64. The molecule has 8 aromatic rings. The SMILES string of the molecule is c1ccc(Nc2ccc3sc4cc(N(c5ccccc5)c5ccc(-c6nc7ccccc7o6)cc5)ccc4c3c2)cc1. The third-order valence-electron chi connectivity index (χ3n) is 7.46. The molecule has 0 atom stereocenters. The van der Waals surface area contributed by atoms with Crippen LogP contribution in [0.5, 0.6) is 0 Å². The minimum atomic E-state index is 0.627. The second-order valence-corrected chi connectivity index (χ2v) is 11.3. The maximum absolute atomic E-state index is 6.01. The fraction of sp³-hybridized carbons (Fsp3) is 0. The van der Waals surface area contributed by atoms with Crippen LogP contribution < -0.4 is 10.2 Å². The van der Waals surface area contributed by atoms with Gasteiger partial charge in [-0.25, -0.2) is 4.98 Å². The fourth-order valence-electron chi connectivity index (χ4n) is 5.44. The minimum Gasteiger partial charge on any atom is -0.436 e. The lowest BCUT2D eigenvalue weighted by molar-refractivity contribution is 0.620. The highest BCUT2D eigenvalue weighted by Crippen LogP contribution is 2.41. The molecule has 2 heterocycles. The van der Waals surface area contributed by atoms with E-state index < -0.39 is 0 Å². The highest BCUT2D eigenvalue weighted by atomic mass is 32.1. The standard InChI is InChI=1S/C37H25N3OS/c1-3-9-26(10-4-1)38-27-17-22-35-32(23-27)31-21-20-30(24-36(31)42-35)40(28-11-5-2-6-12-28)29-18-15-25(16-19-29)37-39-33-13-7-8-14-34(33)41-37/h1-24,38H. The number of nitrogens with zero attached hydrogens (tertiary/aromatic N) is 2. The summed E-state index contributed by atoms with van der Waals surface area (Å²) in [6, 6.07) is 50.4. The monoisotopic (exact) mass is 559 g/mol. The van der Waals surface area contributed by atoms with Gasteiger partial charge in [0.05, 0.1) is 0 Å². The summed E-state index contributed by atoms with van der Waals surface area (Å²) < 4.78 is 8.54. The molecule has 0 aliphatic rings. The van der Waals surface area contributed by atoms with Crippen LogP contribution in [0.3, 0.4) is 0 Å². The van der Waals surface area contributed by atoms with Gasteiger partial charge in [-0.05, 0) is 91.0 Å². The van der Waals surface area contributed by atoms with Crippen LogP contribution in [0.15, 0.2) is 150 Å². The highest BCUT2D eigenvalue weighted by molar-refractivity contribution is 7.25. The van der Waals surface area contributed by atoms with E-state index in [1.807, 2.05) is 59.9 Å². The lowest BCUT2D eigenvalue weighted by atomic mass is 10.1. The Bertz CT molecular complexity index is 2130. The number of nitrogens with one attached hydrogen (secondary N) is 1. The molecule has 1 N–H and O–H groups in total. The smallest absolute Gasteiger partial charge is 0.227 e. The number of aromatic nitrogens is 1. The van der Waals surface area contributed by atoms with E-state index in [4.69, 9.17) is 4.42 Å². The van der Waals surface area contributed by atoms with Gasteiger partial charge in [0.2, 0.25) is 5.89 Å². The average molecular weight is 560 g/mol. The number of rotatable bonds is 6. The van der Waals surface area contributed by atoms with Gasteiger partial charge < -0.3 is 14.6 Å². The van der Waals surface area contributed by atoms with Gasteiger partial charge in [0.15, 0.2) is 5.58 Å². The molecular weight excluding hydrogens is 534 g/mol. The number of fused-ring (bicyclic) bond motifs is 4. The summed E-state index contributed by atoms with van der Waals surface area (Å²) in [5, 5.41) is 6.05. The van der Waals surface area contributed by atoms with Gasteiger partial charge >= 0.3 is 0 Å². The van der Waals surface area contributed by atoms with Crippen LogP contribution in [0.4, 0.5) is 28.4 Å². The topological polar surface area (TPSA) is 41.3 Å². The summed E-state index contributed by atoms with van der Waals surface area (Å²) >= 11 is 1.83. The van der Waals surface area contributed by atoms with Gasteiger partial charge in [0.1, 0.15) is 5.52 Å². The van der Waals surface area contributed by atoms with Crippen LogP contribution >= 0.6 is 11.3 Å². The minimum absolute atomic E-state index is 0.627. The number of thiophene rings is 1. The molecule has 0 aliphatic carbocycles. The second kappa shape index (κ2) is 10.2. The number of oxazole rings is 1. The van der Waals surface area contributed by atoms with Gasteiger partial charge in [-0.2, -0.15) is 0 Å². The van der Waals surface area contributed by atoms with Crippen molar-refractivity contribution in [3.05, 3.63) is 146 Å². The van der Waals surface area contributed by atoms with Crippen LogP contribution in [0.2, 0.25) is 0 Å². The molecule has 2 aromatic heterocycles. The predicted molar refractivity (Wildman–Crippen MR) is 177 cm³/mol. The molecule has 5 heteroatoms. The Kier molecular flexibility index (Phi) is 5.94. The van der Waals surface area contributed by atoms with E-state index in [0.717, 1.165) is 45.1 Å². The fourth-order valence-corrected chi connectivity index (χ4v) is 6.56. The van der Waals surface area contributed by atoms with Crippen molar-refractivity contribution in [2.45, 2.75) is 0 Å². The van der Waals surface area contributed by atoms with Gasteiger partial charge in [-0.1, -0.05) is 54.6 Å². The summed E-state index contributed by atoms with van der Waals surface area (Å²) in [6.45, 7) is 0. The largest absolute Gasteiger partial charge is 0.436 e. The molecule has 0 aliphatic heterocycles. The number of para-hydroxylation sites is 4. The van der Waals surface area contributed by atoms with Gasteiger partial charge in [-0.3, -0.25) is 0 Å². The van der Waals surface area contributed by atoms with Crippen molar-refractivity contribution in [2.24, 2.45) is 0 Å². The van der Waals surface area contributed by atoms with Crippen molar-refractivity contribution in [1.82, 2.24) is 4.98 Å². The summed E-state index contributed by atoms with van der Waals surface area (Å²) in [5.41, 5.74) is 8.05. The molecule has 0 saturated heterocycles. The maximum atomic E-state index is 6.01. The number of hydrogen-bond acceptors (Lipinski definition) is 5. The van der Waals surface area contributed by atoms with Gasteiger partial charge in [0.25, 0.3) is 0 Å². The lowest BCUT2D eigenvalue weighted by Gasteiger charge is -2.25. The zero-order chi connectivity index (χ0) is 27.9. The summed E-state index contributed by atoms with van der Waals surface area (Å²) in [5.74, 6) is 0.627. The maximum Gasteiger partial charge on any atom is 0.227 e. The Labute approximate surface area is 247 Å². The quantitative estimate of drug-likeness (QED) is 0.220. The van der Waals surface area contributed by atoms with Crippen molar-refractivity contribution in [3.8, 4) is 11.5 Å². The number of benzene rings is 6. The Morgan fingerprint density at radius 3 is 2.07 bits per heavy atom. The third kappa shape index (κ3) is 4.46. The first-order chi connectivity index (χ1) is 20.8. The molecular formula is C37H25N3OS. The van der Waals surface area contributed by atoms with E-state index in [2.05, 4.69) is 112 Å². The van der Waals surface area contributed by atoms with Crippen LogP contribution in [-0.2, 0) is 0 Å². The van der Waals surface area contributed by atoms with E-state index in [9.17, 15) is 0 Å². The first kappa shape index (κ1) is 24.4. The Balaban J connectivity index is 1.17. The zero-order valence-electron chi connectivity index (χ0n) is 22.6. The lowest BCUT2D eigenvalue weighted by Crippen LogP contribution is -2.09. The molecule has 6 aromatic carbocycles. The molecule has 0 radical (unpaired) electrons. The van der Waals surface area contributed by atoms with Crippen LogP contribution in [0.25, 0.3) is 42.7 Å². The molecule has 0 fully saturated rings. The highest BCUT2D eigenvalue weighted by Gasteiger charge is 2.16. The van der Waals surface area contributed by atoms with Crippen molar-refractivity contribution >= 4 is 71.0 Å². The van der Waals surface area contributed by atoms with E-state index in [1.165, 1.54) is 20.2 Å². The first-order valence-electron chi connectivity index (χ1n) is 13.9. The molecule has 8 rings (SSSR count). The predicted octanol–water partition coefficient (Wildman–Crippen LogP) is 11.1. The van der Waals surface area contributed by atoms with Crippen LogP contribution in [0, 0.1) is 0 Å². The van der Waals surface area contributed by atoms with E-state index in [1.54, 1.807) is 0 Å². The molecule has 0 unspecified atom stereocenters. The molecule has 0 bridgehead atoms. The molecule has 42 heavy (non-hydrogen) atoms. The summed E-state index contributed by atoms with van der Waals surface area (Å²) in [6.07, 6.45) is 0. The number of anilines is 5. The summed E-state index contributed by atoms with van der Waals surface area (Å²) in [7, 11) is 0. The molecule has 4 nitrogen and oxygen atoms in total. The third-order valence-corrected chi connectivity index (χ3v) is 8.59. The van der Waals surface area contributed by atoms with Crippen LogP contribution in [-0.4, -0.2) is 4.98 Å². The van der Waals surface area contributed by atoms with E-state index >= 15 is 0 Å². The summed E-state index contributed by atoms with van der Waals surface area (Å²) in [4.78, 5) is 6.97. The zero-order valence-corrected chi connectivity index (χ0v) is 23.4. The Morgan fingerprint density at radius 1 is 0.548 bits per heavy atom. The molecule has 0 saturated carbocycles. The first-order valence-corrected chi connectivity index (χ1v) is 14.7. The van der Waals surface area contributed by atoms with Crippen molar-refractivity contribution < 1.29 is 4.42 Å². The molecule has 200 valence electrons. The van der Waals surface area contributed by atoms with Crippen molar-refractivity contribution in [2.75, 3.05) is 10.2 Å². The number of hydrogen-bond donors (Lipinski definition) is 1. The molecule has 0 spiro atoms. The normalized spacial score (nSPS) is 11.3. The van der Waals surface area contributed by atoms with Gasteiger partial charge in [-0.15, -0.1) is 11.3 Å². The van der Waals surface area contributed by atoms with Crippen LogP contribution in [0.1, 0.15) is 0 Å². The van der Waals surface area contributed by atoms with Crippen molar-refractivity contribution in [1.29, 1.82) is 0 Å². The second-order valence-electron chi connectivity index (χ2n) is 10.2. The van der Waals surface area contributed by atoms with E-state index in [-0.39, 0.29) is 0 Å². The Hall–Kier alpha value is -5.39. The van der Waals surface area contributed by atoms with Gasteiger partial charge in [0, 0.05) is 54.2 Å². The molecule has 0 amide bonds.